The molecular formula is C15H24N2. The van der Waals surface area contributed by atoms with Crippen LogP contribution in [-0.2, 0) is 0 Å². The highest BCUT2D eigenvalue weighted by Crippen LogP contribution is 2.28. The summed E-state index contributed by atoms with van der Waals surface area (Å²) >= 11 is 0. The quantitative estimate of drug-likeness (QED) is 0.783. The van der Waals surface area contributed by atoms with E-state index in [1.807, 2.05) is 6.07 Å². The number of rotatable bonds is 7. The van der Waals surface area contributed by atoms with Crippen molar-refractivity contribution in [3.63, 3.8) is 0 Å². The van der Waals surface area contributed by atoms with Crippen LogP contribution in [0.4, 0.5) is 0 Å². The van der Waals surface area contributed by atoms with E-state index in [0.29, 0.717) is 0 Å². The second kappa shape index (κ2) is 6.18. The highest BCUT2D eigenvalue weighted by Gasteiger charge is 2.29. The summed E-state index contributed by atoms with van der Waals surface area (Å²) in [5, 5.41) is 0. The van der Waals surface area contributed by atoms with Gasteiger partial charge in [-0.1, -0.05) is 43.7 Å². The van der Waals surface area contributed by atoms with Gasteiger partial charge in [-0.25, -0.2) is 0 Å². The Morgan fingerprint density at radius 1 is 1.29 bits per heavy atom. The summed E-state index contributed by atoms with van der Waals surface area (Å²) in [7, 11) is 0. The van der Waals surface area contributed by atoms with Gasteiger partial charge in [0.2, 0.25) is 0 Å². The summed E-state index contributed by atoms with van der Waals surface area (Å²) in [5.74, 6) is 0. The first-order chi connectivity index (χ1) is 8.31. The van der Waals surface area contributed by atoms with Crippen LogP contribution in [0.25, 0.3) is 0 Å². The number of nitrogens with two attached hydrogens (primary N) is 1. The van der Waals surface area contributed by atoms with Crippen LogP contribution in [-0.4, -0.2) is 24.0 Å². The van der Waals surface area contributed by atoms with Crippen molar-refractivity contribution in [1.29, 1.82) is 0 Å². The second-order valence-corrected chi connectivity index (χ2v) is 5.10. The van der Waals surface area contributed by atoms with Gasteiger partial charge in [0.15, 0.2) is 0 Å². The van der Waals surface area contributed by atoms with Crippen LogP contribution in [0.3, 0.4) is 0 Å². The van der Waals surface area contributed by atoms with Gasteiger partial charge in [0.05, 0.1) is 0 Å². The lowest BCUT2D eigenvalue weighted by Crippen LogP contribution is -2.34. The number of hydrogen-bond donors (Lipinski definition) is 1. The van der Waals surface area contributed by atoms with Gasteiger partial charge in [0.1, 0.15) is 0 Å². The van der Waals surface area contributed by atoms with E-state index in [2.05, 4.69) is 36.1 Å². The molecule has 0 aromatic heterocycles. The highest BCUT2D eigenvalue weighted by atomic mass is 15.2. The van der Waals surface area contributed by atoms with E-state index in [4.69, 9.17) is 5.73 Å². The minimum atomic E-state index is 0.161. The molecule has 0 bridgehead atoms. The number of unbranched alkanes of at least 4 members (excludes halogenated alkanes) is 1. The van der Waals surface area contributed by atoms with Gasteiger partial charge in [0, 0.05) is 18.6 Å². The van der Waals surface area contributed by atoms with E-state index in [1.54, 1.807) is 0 Å². The van der Waals surface area contributed by atoms with Crippen LogP contribution < -0.4 is 5.73 Å². The lowest BCUT2D eigenvalue weighted by Gasteiger charge is -2.25. The van der Waals surface area contributed by atoms with E-state index in [0.717, 1.165) is 12.6 Å². The Bertz CT molecular complexity index is 319. The maximum absolute atomic E-state index is 6.29. The predicted molar refractivity (Wildman–Crippen MR) is 72.9 cm³/mol. The summed E-state index contributed by atoms with van der Waals surface area (Å²) in [5.41, 5.74) is 7.55. The van der Waals surface area contributed by atoms with Gasteiger partial charge < -0.3 is 5.73 Å². The van der Waals surface area contributed by atoms with Crippen LogP contribution in [0.2, 0.25) is 0 Å². The second-order valence-electron chi connectivity index (χ2n) is 5.10. The first-order valence-electron chi connectivity index (χ1n) is 6.86. The Labute approximate surface area is 105 Å². The molecule has 1 aliphatic rings. The van der Waals surface area contributed by atoms with E-state index < -0.39 is 0 Å². The molecule has 0 spiro atoms. The van der Waals surface area contributed by atoms with Crippen LogP contribution >= 0.6 is 0 Å². The van der Waals surface area contributed by atoms with Crippen molar-refractivity contribution in [2.45, 2.75) is 44.7 Å². The van der Waals surface area contributed by atoms with Crippen molar-refractivity contribution in [2.24, 2.45) is 5.73 Å². The molecule has 2 nitrogen and oxygen atoms in total. The summed E-state index contributed by atoms with van der Waals surface area (Å²) in [6.45, 7) is 4.47. The van der Waals surface area contributed by atoms with E-state index in [-0.39, 0.29) is 6.04 Å². The van der Waals surface area contributed by atoms with Crippen molar-refractivity contribution in [3.8, 4) is 0 Å². The zero-order valence-electron chi connectivity index (χ0n) is 10.8. The molecule has 2 rings (SSSR count). The lowest BCUT2D eigenvalue weighted by molar-refractivity contribution is 0.244. The molecule has 2 N–H and O–H groups in total. The summed E-state index contributed by atoms with van der Waals surface area (Å²) < 4.78 is 0. The minimum absolute atomic E-state index is 0.161. The average Bonchev–Trinajstić information content (AvgIpc) is 3.19. The van der Waals surface area contributed by atoms with Crippen molar-refractivity contribution < 1.29 is 0 Å². The molecule has 0 aliphatic heterocycles. The van der Waals surface area contributed by atoms with Gasteiger partial charge in [-0.3, -0.25) is 4.90 Å². The third-order valence-corrected chi connectivity index (χ3v) is 3.52. The molecule has 94 valence electrons. The molecule has 1 atom stereocenters. The summed E-state index contributed by atoms with van der Waals surface area (Å²) in [6.07, 6.45) is 5.29. The van der Waals surface area contributed by atoms with Crippen molar-refractivity contribution in [3.05, 3.63) is 35.9 Å². The maximum atomic E-state index is 6.29. The van der Waals surface area contributed by atoms with Gasteiger partial charge in [-0.05, 0) is 31.4 Å². The molecule has 0 radical (unpaired) electrons. The molecule has 0 saturated heterocycles. The molecule has 0 heterocycles. The molecule has 1 aromatic carbocycles. The molecule has 1 aromatic rings. The van der Waals surface area contributed by atoms with E-state index >= 15 is 0 Å². The Kier molecular flexibility index (Phi) is 4.57. The predicted octanol–water partition coefficient (Wildman–Crippen LogP) is 2.95. The number of hydrogen-bond acceptors (Lipinski definition) is 2. The number of benzene rings is 1. The minimum Gasteiger partial charge on any atom is -0.323 e. The fourth-order valence-corrected chi connectivity index (χ4v) is 2.28. The first-order valence-corrected chi connectivity index (χ1v) is 6.86. The van der Waals surface area contributed by atoms with Crippen molar-refractivity contribution in [2.75, 3.05) is 13.1 Å². The smallest absolute Gasteiger partial charge is 0.0424 e. The average molecular weight is 232 g/mol. The van der Waals surface area contributed by atoms with Crippen LogP contribution in [0.5, 0.6) is 0 Å². The zero-order chi connectivity index (χ0) is 12.1. The van der Waals surface area contributed by atoms with Gasteiger partial charge >= 0.3 is 0 Å². The summed E-state index contributed by atoms with van der Waals surface area (Å²) in [6, 6.07) is 11.4. The monoisotopic (exact) mass is 232 g/mol. The maximum Gasteiger partial charge on any atom is 0.0424 e. The van der Waals surface area contributed by atoms with Crippen LogP contribution in [0, 0.1) is 0 Å². The largest absolute Gasteiger partial charge is 0.323 e. The molecule has 1 aliphatic carbocycles. The first kappa shape index (κ1) is 12.6. The molecule has 1 fully saturated rings. The molecular weight excluding hydrogens is 208 g/mol. The fourth-order valence-electron chi connectivity index (χ4n) is 2.28. The molecule has 2 heteroatoms. The van der Waals surface area contributed by atoms with Crippen molar-refractivity contribution >= 4 is 0 Å². The standard InChI is InChI=1S/C15H24N2/c1-2-3-11-17(14-9-10-14)12-15(16)13-7-5-4-6-8-13/h4-8,14-15H,2-3,9-12,16H2,1H3. The Balaban J connectivity index is 1.88. The fraction of sp³-hybridized carbons (Fsp3) is 0.600. The lowest BCUT2D eigenvalue weighted by atomic mass is 10.1. The van der Waals surface area contributed by atoms with E-state index in [9.17, 15) is 0 Å². The van der Waals surface area contributed by atoms with Gasteiger partial charge in [-0.2, -0.15) is 0 Å². The topological polar surface area (TPSA) is 29.3 Å². The Morgan fingerprint density at radius 2 is 2.00 bits per heavy atom. The molecule has 1 unspecified atom stereocenters. The normalized spacial score (nSPS) is 17.4. The van der Waals surface area contributed by atoms with Crippen LogP contribution in [0.1, 0.15) is 44.2 Å². The van der Waals surface area contributed by atoms with E-state index in [1.165, 1.54) is 37.8 Å². The SMILES string of the molecule is CCCCN(CC(N)c1ccccc1)C1CC1. The highest BCUT2D eigenvalue weighted by molar-refractivity contribution is 5.18. The van der Waals surface area contributed by atoms with Crippen molar-refractivity contribution in [1.82, 2.24) is 4.90 Å². The van der Waals surface area contributed by atoms with Gasteiger partial charge in [-0.15, -0.1) is 0 Å². The van der Waals surface area contributed by atoms with Crippen LogP contribution in [0.15, 0.2) is 30.3 Å². The third kappa shape index (κ3) is 3.83. The Hall–Kier alpha value is -0.860. The summed E-state index contributed by atoms with van der Waals surface area (Å²) in [4.78, 5) is 2.58. The molecule has 1 saturated carbocycles. The Morgan fingerprint density at radius 3 is 2.59 bits per heavy atom. The van der Waals surface area contributed by atoms with Gasteiger partial charge in [0.25, 0.3) is 0 Å². The third-order valence-electron chi connectivity index (χ3n) is 3.52. The molecule has 0 amide bonds. The number of nitrogens with zero attached hydrogens (tertiary/aromatic N) is 1. The zero-order valence-corrected chi connectivity index (χ0v) is 10.8. The molecule has 17 heavy (non-hydrogen) atoms.